The first-order valence-electron chi connectivity index (χ1n) is 9.12. The smallest absolute Gasteiger partial charge is 0.354 e. The summed E-state index contributed by atoms with van der Waals surface area (Å²) in [6, 6.07) is 4.26. The average molecular weight is 358 g/mol. The molecule has 0 N–H and O–H groups in total. The Morgan fingerprint density at radius 3 is 2.23 bits per heavy atom. The van der Waals surface area contributed by atoms with Crippen LogP contribution in [0.5, 0.6) is 0 Å². The SMILES string of the molecule is C=CCN(N=C(C)C(=O)OCC)C(=O)Cc1c(CC)cc(C)cc1CC. The van der Waals surface area contributed by atoms with Crippen LogP contribution in [0.3, 0.4) is 0 Å². The van der Waals surface area contributed by atoms with Crippen molar-refractivity contribution in [2.24, 2.45) is 5.10 Å². The van der Waals surface area contributed by atoms with Gasteiger partial charge in [-0.1, -0.05) is 37.6 Å². The Bertz CT molecular complexity index is 667. The van der Waals surface area contributed by atoms with Crippen molar-refractivity contribution in [1.82, 2.24) is 5.01 Å². The van der Waals surface area contributed by atoms with E-state index in [1.807, 2.05) is 0 Å². The topological polar surface area (TPSA) is 59.0 Å². The van der Waals surface area contributed by atoms with Crippen LogP contribution in [0.15, 0.2) is 29.9 Å². The predicted molar refractivity (Wildman–Crippen MR) is 105 cm³/mol. The van der Waals surface area contributed by atoms with Crippen LogP contribution in [-0.2, 0) is 33.6 Å². The molecule has 0 unspecified atom stereocenters. The molecule has 0 heterocycles. The van der Waals surface area contributed by atoms with Gasteiger partial charge in [-0.3, -0.25) is 4.79 Å². The van der Waals surface area contributed by atoms with Gasteiger partial charge >= 0.3 is 5.97 Å². The van der Waals surface area contributed by atoms with E-state index in [4.69, 9.17) is 4.74 Å². The summed E-state index contributed by atoms with van der Waals surface area (Å²) in [4.78, 5) is 24.6. The normalized spacial score (nSPS) is 11.2. The van der Waals surface area contributed by atoms with E-state index in [0.717, 1.165) is 18.4 Å². The summed E-state index contributed by atoms with van der Waals surface area (Å²) in [6.07, 6.45) is 3.57. The lowest BCUT2D eigenvalue weighted by Gasteiger charge is -2.19. The minimum Gasteiger partial charge on any atom is -0.461 e. The van der Waals surface area contributed by atoms with E-state index in [1.54, 1.807) is 19.9 Å². The number of benzene rings is 1. The van der Waals surface area contributed by atoms with Crippen molar-refractivity contribution in [2.75, 3.05) is 13.2 Å². The third-order valence-electron chi connectivity index (χ3n) is 4.10. The standard InChI is InChI=1S/C21H30N2O3/c1-7-11-23(22-16(6)21(25)26-10-4)20(24)14-19-17(8-2)12-15(5)13-18(19)9-3/h7,12-13H,1,8-11,14H2,2-6H3. The summed E-state index contributed by atoms with van der Waals surface area (Å²) < 4.78 is 4.93. The molecule has 1 aromatic carbocycles. The Morgan fingerprint density at radius 1 is 1.19 bits per heavy atom. The first-order chi connectivity index (χ1) is 12.4. The lowest BCUT2D eigenvalue weighted by atomic mass is 9.92. The number of hydrogen-bond acceptors (Lipinski definition) is 4. The number of esters is 1. The summed E-state index contributed by atoms with van der Waals surface area (Å²) >= 11 is 0. The number of hydrazone groups is 1. The molecule has 0 fully saturated rings. The zero-order valence-electron chi connectivity index (χ0n) is 16.6. The molecule has 1 rings (SSSR count). The Labute approximate surface area is 156 Å². The number of hydrogen-bond donors (Lipinski definition) is 0. The highest BCUT2D eigenvalue weighted by atomic mass is 16.5. The molecule has 0 saturated heterocycles. The van der Waals surface area contributed by atoms with Crippen LogP contribution < -0.4 is 0 Å². The zero-order valence-corrected chi connectivity index (χ0v) is 16.6. The minimum atomic E-state index is -0.520. The van der Waals surface area contributed by atoms with E-state index in [0.29, 0.717) is 0 Å². The molecule has 0 saturated carbocycles. The molecule has 1 amide bonds. The van der Waals surface area contributed by atoms with Gasteiger partial charge in [0.15, 0.2) is 0 Å². The van der Waals surface area contributed by atoms with Crippen LogP contribution in [0.1, 0.15) is 49.9 Å². The Hall–Kier alpha value is -2.43. The van der Waals surface area contributed by atoms with Crippen molar-refractivity contribution in [3.8, 4) is 0 Å². The fraction of sp³-hybridized carbons (Fsp3) is 0.476. The minimum absolute atomic E-state index is 0.150. The first kappa shape index (κ1) is 21.6. The highest BCUT2D eigenvalue weighted by Crippen LogP contribution is 2.21. The highest BCUT2D eigenvalue weighted by molar-refractivity contribution is 6.35. The van der Waals surface area contributed by atoms with Gasteiger partial charge in [0, 0.05) is 0 Å². The summed E-state index contributed by atoms with van der Waals surface area (Å²) in [7, 11) is 0. The van der Waals surface area contributed by atoms with Crippen molar-refractivity contribution in [1.29, 1.82) is 0 Å². The quantitative estimate of drug-likeness (QED) is 0.293. The molecule has 0 aliphatic carbocycles. The molecule has 142 valence electrons. The van der Waals surface area contributed by atoms with E-state index in [1.165, 1.54) is 21.7 Å². The maximum Gasteiger partial charge on any atom is 0.354 e. The van der Waals surface area contributed by atoms with E-state index in [2.05, 4.69) is 44.6 Å². The van der Waals surface area contributed by atoms with Gasteiger partial charge in [-0.15, -0.1) is 6.58 Å². The average Bonchev–Trinajstić information content (AvgIpc) is 2.62. The maximum atomic E-state index is 12.9. The van der Waals surface area contributed by atoms with Crippen molar-refractivity contribution >= 4 is 17.6 Å². The van der Waals surface area contributed by atoms with Crippen LogP contribution in [0, 0.1) is 6.92 Å². The third-order valence-corrected chi connectivity index (χ3v) is 4.10. The molecule has 26 heavy (non-hydrogen) atoms. The van der Waals surface area contributed by atoms with Crippen LogP contribution in [0.25, 0.3) is 0 Å². The molecular weight excluding hydrogens is 328 g/mol. The highest BCUT2D eigenvalue weighted by Gasteiger charge is 2.18. The summed E-state index contributed by atoms with van der Waals surface area (Å²) in [5, 5.41) is 5.45. The number of rotatable bonds is 9. The largest absolute Gasteiger partial charge is 0.461 e. The fourth-order valence-electron chi connectivity index (χ4n) is 2.85. The van der Waals surface area contributed by atoms with E-state index in [9.17, 15) is 9.59 Å². The van der Waals surface area contributed by atoms with Crippen molar-refractivity contribution in [3.63, 3.8) is 0 Å². The monoisotopic (exact) mass is 358 g/mol. The number of ether oxygens (including phenoxy) is 1. The van der Waals surface area contributed by atoms with Gasteiger partial charge in [0.25, 0.3) is 0 Å². The van der Waals surface area contributed by atoms with Crippen LogP contribution in [0.4, 0.5) is 0 Å². The molecule has 0 aromatic heterocycles. The number of nitrogens with zero attached hydrogens (tertiary/aromatic N) is 2. The Kier molecular flexibility index (Phi) is 8.76. The van der Waals surface area contributed by atoms with Gasteiger partial charge in [0.2, 0.25) is 5.91 Å². The van der Waals surface area contributed by atoms with Gasteiger partial charge in [-0.25, -0.2) is 9.80 Å². The molecule has 1 aromatic rings. The molecule has 0 radical (unpaired) electrons. The van der Waals surface area contributed by atoms with Crippen molar-refractivity contribution in [2.45, 2.75) is 53.9 Å². The second-order valence-corrected chi connectivity index (χ2v) is 6.12. The first-order valence-corrected chi connectivity index (χ1v) is 9.12. The number of carbonyl (C=O) groups is 2. The number of amides is 1. The van der Waals surface area contributed by atoms with Crippen molar-refractivity contribution in [3.05, 3.63) is 47.0 Å². The Morgan fingerprint density at radius 2 is 1.77 bits per heavy atom. The van der Waals surface area contributed by atoms with Gasteiger partial charge < -0.3 is 4.74 Å². The van der Waals surface area contributed by atoms with E-state index >= 15 is 0 Å². The number of carbonyl (C=O) groups excluding carboxylic acids is 2. The molecule has 0 aliphatic heterocycles. The fourth-order valence-corrected chi connectivity index (χ4v) is 2.85. The van der Waals surface area contributed by atoms with E-state index < -0.39 is 5.97 Å². The molecule has 0 bridgehead atoms. The third kappa shape index (κ3) is 5.83. The molecule has 0 atom stereocenters. The summed E-state index contributed by atoms with van der Waals surface area (Å²) in [5.41, 5.74) is 4.77. The van der Waals surface area contributed by atoms with E-state index in [-0.39, 0.29) is 31.2 Å². The lowest BCUT2D eigenvalue weighted by Crippen LogP contribution is -2.31. The zero-order chi connectivity index (χ0) is 19.7. The molecular formula is C21H30N2O3. The number of aryl methyl sites for hydroxylation is 3. The second-order valence-electron chi connectivity index (χ2n) is 6.12. The van der Waals surface area contributed by atoms with Crippen LogP contribution >= 0.6 is 0 Å². The Balaban J connectivity index is 3.14. The van der Waals surface area contributed by atoms with Gasteiger partial charge in [0.05, 0.1) is 19.6 Å². The lowest BCUT2D eigenvalue weighted by molar-refractivity contribution is -0.135. The van der Waals surface area contributed by atoms with Crippen molar-refractivity contribution < 1.29 is 14.3 Å². The van der Waals surface area contributed by atoms with Gasteiger partial charge in [-0.05, 0) is 50.3 Å². The maximum absolute atomic E-state index is 12.9. The van der Waals surface area contributed by atoms with Gasteiger partial charge in [0.1, 0.15) is 5.71 Å². The van der Waals surface area contributed by atoms with Gasteiger partial charge in [-0.2, -0.15) is 5.10 Å². The molecule has 0 spiro atoms. The second kappa shape index (κ2) is 10.5. The summed E-state index contributed by atoms with van der Waals surface area (Å²) in [6.45, 7) is 13.7. The predicted octanol–water partition coefficient (Wildman–Crippen LogP) is 3.62. The molecule has 5 heteroatoms. The molecule has 5 nitrogen and oxygen atoms in total. The van der Waals surface area contributed by atoms with Crippen LogP contribution in [-0.4, -0.2) is 35.7 Å². The summed E-state index contributed by atoms with van der Waals surface area (Å²) in [5.74, 6) is -0.685. The molecule has 0 aliphatic rings. The van der Waals surface area contributed by atoms with Crippen LogP contribution in [0.2, 0.25) is 0 Å².